The third kappa shape index (κ3) is 3.39. The van der Waals surface area contributed by atoms with Crippen LogP contribution in [-0.4, -0.2) is 17.8 Å². The summed E-state index contributed by atoms with van der Waals surface area (Å²) in [7, 11) is 1.55. The summed E-state index contributed by atoms with van der Waals surface area (Å²) >= 11 is 9.13. The number of alkyl halides is 1. The van der Waals surface area contributed by atoms with Gasteiger partial charge in [0.15, 0.2) is 0 Å². The summed E-state index contributed by atoms with van der Waals surface area (Å²) in [6.45, 7) is 0. The lowest BCUT2D eigenvalue weighted by Gasteiger charge is -2.08. The first-order valence-corrected chi connectivity index (χ1v) is 5.59. The van der Waals surface area contributed by atoms with Crippen LogP contribution in [0.1, 0.15) is 5.56 Å². The molecule has 3 nitrogen and oxygen atoms in total. The number of benzene rings is 1. The Hall–Kier alpha value is -0.740. The Balaban J connectivity index is 2.79. The van der Waals surface area contributed by atoms with Crippen molar-refractivity contribution in [2.45, 2.75) is 11.2 Å². The molecule has 1 amide bonds. The van der Waals surface area contributed by atoms with E-state index < -0.39 is 0 Å². The number of primary amides is 1. The minimum atomic E-state index is -0.387. The molecule has 0 aliphatic rings. The molecule has 1 atom stereocenters. The van der Waals surface area contributed by atoms with Gasteiger partial charge in [-0.05, 0) is 24.1 Å². The Morgan fingerprint density at radius 2 is 2.33 bits per heavy atom. The maximum Gasteiger partial charge on any atom is 0.231 e. The molecule has 0 aliphatic carbocycles. The van der Waals surface area contributed by atoms with E-state index >= 15 is 0 Å². The number of rotatable bonds is 4. The Labute approximate surface area is 102 Å². The van der Waals surface area contributed by atoms with Gasteiger partial charge in [-0.2, -0.15) is 0 Å². The van der Waals surface area contributed by atoms with E-state index in [1.54, 1.807) is 19.2 Å². The van der Waals surface area contributed by atoms with E-state index in [-0.39, 0.29) is 10.7 Å². The van der Waals surface area contributed by atoms with Crippen molar-refractivity contribution in [2.24, 2.45) is 5.73 Å². The van der Waals surface area contributed by atoms with Gasteiger partial charge in [0.25, 0.3) is 0 Å². The number of carbonyl (C=O) groups excluding carboxylic acids is 1. The SMILES string of the molecule is COc1ccc(CC(Br)C(N)=O)cc1Cl. The van der Waals surface area contributed by atoms with E-state index in [4.69, 9.17) is 22.1 Å². The van der Waals surface area contributed by atoms with Gasteiger partial charge in [-0.3, -0.25) is 4.79 Å². The Morgan fingerprint density at radius 3 is 2.80 bits per heavy atom. The van der Waals surface area contributed by atoms with Crippen LogP contribution in [0.4, 0.5) is 0 Å². The fourth-order valence-electron chi connectivity index (χ4n) is 1.14. The molecule has 2 N–H and O–H groups in total. The summed E-state index contributed by atoms with van der Waals surface area (Å²) < 4.78 is 5.02. The first-order valence-electron chi connectivity index (χ1n) is 4.30. The van der Waals surface area contributed by atoms with Gasteiger partial charge in [0.05, 0.1) is 17.0 Å². The number of methoxy groups -OCH3 is 1. The molecule has 0 heterocycles. The standard InChI is InChI=1S/C10H11BrClNO2/c1-15-9-3-2-6(5-8(9)12)4-7(11)10(13)14/h2-3,5,7H,4H2,1H3,(H2,13,14). The predicted octanol–water partition coefficient (Wildman–Crippen LogP) is 2.14. The van der Waals surface area contributed by atoms with E-state index in [0.717, 1.165) is 5.56 Å². The van der Waals surface area contributed by atoms with Crippen LogP contribution in [-0.2, 0) is 11.2 Å². The summed E-state index contributed by atoms with van der Waals surface area (Å²) in [5, 5.41) is 0.527. The molecule has 0 bridgehead atoms. The van der Waals surface area contributed by atoms with Gasteiger partial charge in [-0.15, -0.1) is 0 Å². The molecule has 1 rings (SSSR count). The van der Waals surface area contributed by atoms with Crippen LogP contribution in [0.5, 0.6) is 5.75 Å². The van der Waals surface area contributed by atoms with Crippen molar-refractivity contribution in [2.75, 3.05) is 7.11 Å². The van der Waals surface area contributed by atoms with Crippen LogP contribution < -0.4 is 10.5 Å². The van der Waals surface area contributed by atoms with E-state index in [0.29, 0.717) is 17.2 Å². The Kier molecular flexibility index (Phi) is 4.42. The number of amides is 1. The summed E-state index contributed by atoms with van der Waals surface area (Å²) in [6.07, 6.45) is 0.513. The molecule has 0 radical (unpaired) electrons. The number of ether oxygens (including phenoxy) is 1. The molecule has 1 aromatic carbocycles. The van der Waals surface area contributed by atoms with Gasteiger partial charge in [-0.25, -0.2) is 0 Å². The first-order chi connectivity index (χ1) is 7.04. The molecule has 0 spiro atoms. The minimum Gasteiger partial charge on any atom is -0.495 e. The topological polar surface area (TPSA) is 52.3 Å². The lowest BCUT2D eigenvalue weighted by molar-refractivity contribution is -0.117. The number of halogens is 2. The smallest absolute Gasteiger partial charge is 0.231 e. The molecule has 82 valence electrons. The van der Waals surface area contributed by atoms with Gasteiger partial charge in [-0.1, -0.05) is 33.6 Å². The second-order valence-corrected chi connectivity index (χ2v) is 4.56. The predicted molar refractivity (Wildman–Crippen MR) is 63.6 cm³/mol. The van der Waals surface area contributed by atoms with E-state index in [1.165, 1.54) is 0 Å². The minimum absolute atomic E-state index is 0.373. The normalized spacial score (nSPS) is 12.2. The number of hydrogen-bond donors (Lipinski definition) is 1. The third-order valence-corrected chi connectivity index (χ3v) is 3.01. The van der Waals surface area contributed by atoms with Crippen LogP contribution in [0.3, 0.4) is 0 Å². The number of hydrogen-bond acceptors (Lipinski definition) is 2. The highest BCUT2D eigenvalue weighted by molar-refractivity contribution is 9.10. The lowest BCUT2D eigenvalue weighted by Crippen LogP contribution is -2.24. The average molecular weight is 293 g/mol. The van der Waals surface area contributed by atoms with Gasteiger partial charge in [0.1, 0.15) is 5.75 Å². The highest BCUT2D eigenvalue weighted by Crippen LogP contribution is 2.25. The van der Waals surface area contributed by atoms with Crippen LogP contribution in [0.25, 0.3) is 0 Å². The summed E-state index contributed by atoms with van der Waals surface area (Å²) in [6, 6.07) is 5.37. The summed E-state index contributed by atoms with van der Waals surface area (Å²) in [5.74, 6) is 0.229. The van der Waals surface area contributed by atoms with Gasteiger partial charge in [0, 0.05) is 0 Å². The quantitative estimate of drug-likeness (QED) is 0.865. The highest BCUT2D eigenvalue weighted by atomic mass is 79.9. The molecule has 5 heteroatoms. The monoisotopic (exact) mass is 291 g/mol. The maximum atomic E-state index is 10.8. The van der Waals surface area contributed by atoms with Crippen LogP contribution in [0.2, 0.25) is 5.02 Å². The molecule has 0 saturated heterocycles. The largest absolute Gasteiger partial charge is 0.495 e. The van der Waals surface area contributed by atoms with Crippen molar-refractivity contribution in [1.29, 1.82) is 0 Å². The highest BCUT2D eigenvalue weighted by Gasteiger charge is 2.12. The molecular formula is C10H11BrClNO2. The zero-order valence-corrected chi connectivity index (χ0v) is 10.5. The van der Waals surface area contributed by atoms with E-state index in [9.17, 15) is 4.79 Å². The second kappa shape index (κ2) is 5.37. The second-order valence-electron chi connectivity index (χ2n) is 3.04. The molecule has 0 aliphatic heterocycles. The fraction of sp³-hybridized carbons (Fsp3) is 0.300. The van der Waals surface area contributed by atoms with Gasteiger partial charge < -0.3 is 10.5 Å². The summed E-state index contributed by atoms with van der Waals surface area (Å²) in [4.78, 5) is 10.5. The molecular weight excluding hydrogens is 281 g/mol. The van der Waals surface area contributed by atoms with Crippen LogP contribution >= 0.6 is 27.5 Å². The van der Waals surface area contributed by atoms with Crippen LogP contribution in [0.15, 0.2) is 18.2 Å². The first kappa shape index (κ1) is 12.3. The van der Waals surface area contributed by atoms with E-state index in [1.807, 2.05) is 6.07 Å². The molecule has 1 unspecified atom stereocenters. The fourth-order valence-corrected chi connectivity index (χ4v) is 1.80. The average Bonchev–Trinajstić information content (AvgIpc) is 2.18. The Bertz CT molecular complexity index is 370. The van der Waals surface area contributed by atoms with Crippen molar-refractivity contribution in [1.82, 2.24) is 0 Å². The molecule has 1 aromatic rings. The third-order valence-electron chi connectivity index (χ3n) is 1.94. The molecule has 0 aromatic heterocycles. The van der Waals surface area contributed by atoms with Crippen molar-refractivity contribution >= 4 is 33.4 Å². The molecule has 15 heavy (non-hydrogen) atoms. The maximum absolute atomic E-state index is 10.8. The summed E-state index contributed by atoms with van der Waals surface area (Å²) in [5.41, 5.74) is 6.07. The number of carbonyl (C=O) groups is 1. The van der Waals surface area contributed by atoms with Crippen LogP contribution in [0, 0.1) is 0 Å². The van der Waals surface area contributed by atoms with Crippen molar-refractivity contribution in [3.8, 4) is 5.75 Å². The number of nitrogens with two attached hydrogens (primary N) is 1. The van der Waals surface area contributed by atoms with Gasteiger partial charge >= 0.3 is 0 Å². The molecule has 0 fully saturated rings. The molecule has 0 saturated carbocycles. The van der Waals surface area contributed by atoms with E-state index in [2.05, 4.69) is 15.9 Å². The lowest BCUT2D eigenvalue weighted by atomic mass is 10.1. The Morgan fingerprint density at radius 1 is 1.67 bits per heavy atom. The van der Waals surface area contributed by atoms with Crippen molar-refractivity contribution in [3.05, 3.63) is 28.8 Å². The van der Waals surface area contributed by atoms with Crippen molar-refractivity contribution < 1.29 is 9.53 Å². The zero-order chi connectivity index (χ0) is 11.4. The van der Waals surface area contributed by atoms with Crippen molar-refractivity contribution in [3.63, 3.8) is 0 Å². The zero-order valence-electron chi connectivity index (χ0n) is 8.17. The van der Waals surface area contributed by atoms with Gasteiger partial charge in [0.2, 0.25) is 5.91 Å².